The van der Waals surface area contributed by atoms with Gasteiger partial charge >= 0.3 is 12.1 Å². The third-order valence-corrected chi connectivity index (χ3v) is 3.03. The molecule has 8 heteroatoms. The Hall–Kier alpha value is -1.75. The maximum Gasteiger partial charge on any atom is 0.408 e. The van der Waals surface area contributed by atoms with Crippen LogP contribution in [0.15, 0.2) is 0 Å². The number of carbonyl (C=O) groups excluding carboxylic acids is 2. The number of carbonyl (C=O) groups is 2. The molecule has 0 saturated heterocycles. The fraction of sp³-hybridized carbons (Fsp3) is 0.692. The quantitative estimate of drug-likeness (QED) is 0.565. The molecular weight excluding hydrogens is 298 g/mol. The first-order valence-electron chi connectivity index (χ1n) is 6.22. The van der Waals surface area contributed by atoms with Gasteiger partial charge in [0.15, 0.2) is 6.61 Å². The number of hydrogen-bond acceptors (Lipinski definition) is 6. The van der Waals surface area contributed by atoms with Crippen LogP contribution in [0, 0.1) is 12.3 Å². The van der Waals surface area contributed by atoms with Gasteiger partial charge in [0.25, 0.3) is 0 Å². The number of sulfone groups is 1. The van der Waals surface area contributed by atoms with Crippen molar-refractivity contribution in [3.8, 4) is 12.3 Å². The predicted octanol–water partition coefficient (Wildman–Crippen LogP) is 0.491. The highest BCUT2D eigenvalue weighted by atomic mass is 32.2. The molecule has 120 valence electrons. The molecule has 7 nitrogen and oxygen atoms in total. The van der Waals surface area contributed by atoms with E-state index in [2.05, 4.69) is 11.2 Å². The first-order chi connectivity index (χ1) is 9.44. The van der Waals surface area contributed by atoms with Gasteiger partial charge < -0.3 is 14.8 Å². The van der Waals surface area contributed by atoms with E-state index in [0.717, 1.165) is 6.26 Å². The van der Waals surface area contributed by atoms with Crippen molar-refractivity contribution >= 4 is 21.9 Å². The number of hydrogen-bond donors (Lipinski definition) is 1. The van der Waals surface area contributed by atoms with Crippen molar-refractivity contribution in [3.63, 3.8) is 0 Å². The molecule has 0 radical (unpaired) electrons. The third-order valence-electron chi connectivity index (χ3n) is 2.05. The second kappa shape index (κ2) is 7.88. The summed E-state index contributed by atoms with van der Waals surface area (Å²) in [6.45, 7) is 4.72. The van der Waals surface area contributed by atoms with Gasteiger partial charge in [0.05, 0.1) is 5.75 Å². The van der Waals surface area contributed by atoms with E-state index in [1.165, 1.54) is 0 Å². The molecule has 0 aromatic heterocycles. The summed E-state index contributed by atoms with van der Waals surface area (Å²) in [7, 11) is -3.28. The Morgan fingerprint density at radius 2 is 1.90 bits per heavy atom. The van der Waals surface area contributed by atoms with Crippen molar-refractivity contribution in [2.24, 2.45) is 0 Å². The van der Waals surface area contributed by atoms with Crippen LogP contribution in [-0.4, -0.2) is 50.7 Å². The average molecular weight is 319 g/mol. The maximum absolute atomic E-state index is 11.7. The van der Waals surface area contributed by atoms with Crippen LogP contribution in [0.4, 0.5) is 4.79 Å². The Balaban J connectivity index is 4.76. The third kappa shape index (κ3) is 10.7. The Bertz CT molecular complexity index is 512. The minimum atomic E-state index is -3.28. The van der Waals surface area contributed by atoms with E-state index in [9.17, 15) is 18.0 Å². The van der Waals surface area contributed by atoms with Crippen molar-refractivity contribution in [2.45, 2.75) is 38.8 Å². The molecule has 0 aromatic carbocycles. The summed E-state index contributed by atoms with van der Waals surface area (Å²) in [4.78, 5) is 23.4. The SMILES string of the molecule is C#CCOC(=O)[C@@H](CCS(C)(=O)=O)NC(=O)OC(C)(C)C. The topological polar surface area (TPSA) is 98.8 Å². The Labute approximate surface area is 125 Å². The first kappa shape index (κ1) is 19.2. The number of alkyl carbamates (subject to hydrolysis) is 1. The molecule has 0 rings (SSSR count). The van der Waals surface area contributed by atoms with Crippen LogP contribution >= 0.6 is 0 Å². The molecule has 0 saturated carbocycles. The van der Waals surface area contributed by atoms with Crippen LogP contribution in [0.2, 0.25) is 0 Å². The van der Waals surface area contributed by atoms with E-state index >= 15 is 0 Å². The van der Waals surface area contributed by atoms with E-state index in [1.54, 1.807) is 20.8 Å². The highest BCUT2D eigenvalue weighted by molar-refractivity contribution is 7.90. The Morgan fingerprint density at radius 1 is 1.33 bits per heavy atom. The van der Waals surface area contributed by atoms with Gasteiger partial charge in [-0.2, -0.15) is 0 Å². The van der Waals surface area contributed by atoms with Crippen LogP contribution in [0.3, 0.4) is 0 Å². The van der Waals surface area contributed by atoms with Gasteiger partial charge in [-0.25, -0.2) is 18.0 Å². The molecule has 0 bridgehead atoms. The highest BCUT2D eigenvalue weighted by Gasteiger charge is 2.26. The lowest BCUT2D eigenvalue weighted by atomic mass is 10.2. The fourth-order valence-corrected chi connectivity index (χ4v) is 1.91. The number of amides is 1. The van der Waals surface area contributed by atoms with Crippen molar-refractivity contribution in [1.82, 2.24) is 5.32 Å². The van der Waals surface area contributed by atoms with Gasteiger partial charge in [-0.05, 0) is 27.2 Å². The Morgan fingerprint density at radius 3 is 2.33 bits per heavy atom. The zero-order chi connectivity index (χ0) is 16.7. The largest absolute Gasteiger partial charge is 0.451 e. The Kier molecular flexibility index (Phi) is 7.22. The summed E-state index contributed by atoms with van der Waals surface area (Å²) in [5.41, 5.74) is -0.742. The monoisotopic (exact) mass is 319 g/mol. The summed E-state index contributed by atoms with van der Waals surface area (Å²) in [5.74, 6) is 1.03. The van der Waals surface area contributed by atoms with E-state index in [1.807, 2.05) is 0 Å². The minimum absolute atomic E-state index is 0.124. The lowest BCUT2D eigenvalue weighted by Crippen LogP contribution is -2.45. The van der Waals surface area contributed by atoms with Gasteiger partial charge in [-0.1, -0.05) is 5.92 Å². The zero-order valence-corrected chi connectivity index (χ0v) is 13.5. The van der Waals surface area contributed by atoms with Crippen LogP contribution in [0.5, 0.6) is 0 Å². The minimum Gasteiger partial charge on any atom is -0.451 e. The number of esters is 1. The van der Waals surface area contributed by atoms with Crippen LogP contribution in [-0.2, 0) is 24.1 Å². The maximum atomic E-state index is 11.7. The summed E-state index contributed by atoms with van der Waals surface area (Å²) in [6, 6.07) is -1.14. The van der Waals surface area contributed by atoms with E-state index in [-0.39, 0.29) is 18.8 Å². The van der Waals surface area contributed by atoms with Crippen molar-refractivity contribution in [1.29, 1.82) is 0 Å². The molecule has 1 N–H and O–H groups in total. The van der Waals surface area contributed by atoms with Gasteiger partial charge in [0.2, 0.25) is 0 Å². The highest BCUT2D eigenvalue weighted by Crippen LogP contribution is 2.08. The van der Waals surface area contributed by atoms with Crippen LogP contribution in [0.1, 0.15) is 27.2 Å². The van der Waals surface area contributed by atoms with Crippen LogP contribution in [0.25, 0.3) is 0 Å². The molecular formula is C13H21NO6S. The van der Waals surface area contributed by atoms with Gasteiger partial charge in [-0.3, -0.25) is 0 Å². The van der Waals surface area contributed by atoms with Crippen molar-refractivity contribution in [3.05, 3.63) is 0 Å². The predicted molar refractivity (Wildman–Crippen MR) is 77.3 cm³/mol. The normalized spacial score (nSPS) is 12.9. The second-order valence-corrected chi connectivity index (χ2v) is 7.69. The lowest BCUT2D eigenvalue weighted by Gasteiger charge is -2.22. The summed E-state index contributed by atoms with van der Waals surface area (Å²) in [6.07, 6.45) is 5.04. The number of terminal acetylenes is 1. The average Bonchev–Trinajstić information content (AvgIpc) is 2.27. The molecule has 0 aliphatic rings. The molecule has 0 spiro atoms. The van der Waals surface area contributed by atoms with Gasteiger partial charge in [-0.15, -0.1) is 6.42 Å². The molecule has 0 aromatic rings. The molecule has 0 unspecified atom stereocenters. The first-order valence-corrected chi connectivity index (χ1v) is 8.28. The second-order valence-electron chi connectivity index (χ2n) is 5.43. The van der Waals surface area contributed by atoms with Crippen molar-refractivity contribution < 1.29 is 27.5 Å². The van der Waals surface area contributed by atoms with Gasteiger partial charge in [0.1, 0.15) is 21.5 Å². The van der Waals surface area contributed by atoms with Crippen molar-refractivity contribution in [2.75, 3.05) is 18.6 Å². The molecule has 21 heavy (non-hydrogen) atoms. The lowest BCUT2D eigenvalue weighted by molar-refractivity contribution is -0.144. The number of nitrogens with one attached hydrogen (secondary N) is 1. The van der Waals surface area contributed by atoms with E-state index < -0.39 is 33.5 Å². The summed E-state index contributed by atoms with van der Waals surface area (Å²) < 4.78 is 32.0. The van der Waals surface area contributed by atoms with E-state index in [4.69, 9.17) is 15.9 Å². The zero-order valence-electron chi connectivity index (χ0n) is 12.6. The smallest absolute Gasteiger partial charge is 0.408 e. The summed E-state index contributed by atoms with van der Waals surface area (Å²) >= 11 is 0. The molecule has 0 aliphatic heterocycles. The number of rotatable bonds is 6. The van der Waals surface area contributed by atoms with Gasteiger partial charge in [0, 0.05) is 6.26 Å². The molecule has 0 heterocycles. The van der Waals surface area contributed by atoms with Crippen LogP contribution < -0.4 is 5.32 Å². The standard InChI is InChI=1S/C13H21NO6S/c1-6-8-19-11(15)10(7-9-21(5,17)18)14-12(16)20-13(2,3)4/h1,10H,7-9H2,2-5H3,(H,14,16)/t10-/m1/s1. The summed E-state index contributed by atoms with van der Waals surface area (Å²) in [5, 5.41) is 2.29. The fourth-order valence-electron chi connectivity index (χ4n) is 1.24. The molecule has 0 fully saturated rings. The molecule has 1 amide bonds. The molecule has 1 atom stereocenters. The number of ether oxygens (including phenoxy) is 2. The van der Waals surface area contributed by atoms with E-state index in [0.29, 0.717) is 0 Å². The molecule has 0 aliphatic carbocycles.